The van der Waals surface area contributed by atoms with Crippen molar-refractivity contribution >= 4 is 5.78 Å². The third kappa shape index (κ3) is 3.42. The second-order valence-electron chi connectivity index (χ2n) is 9.64. The van der Waals surface area contributed by atoms with Crippen molar-refractivity contribution in [1.29, 1.82) is 0 Å². The van der Waals surface area contributed by atoms with Crippen LogP contribution in [0.15, 0.2) is 0 Å². The smallest absolute Gasteiger partial charge is 0.167 e. The molecule has 5 unspecified atom stereocenters. The Morgan fingerprint density at radius 2 is 1.88 bits per heavy atom. The summed E-state index contributed by atoms with van der Waals surface area (Å²) < 4.78 is 17.8. The fourth-order valence-electron chi connectivity index (χ4n) is 3.99. The summed E-state index contributed by atoms with van der Waals surface area (Å²) >= 11 is 0. The highest BCUT2D eigenvalue weighted by Gasteiger charge is 2.63. The molecule has 0 bridgehead atoms. The zero-order chi connectivity index (χ0) is 17.9. The van der Waals surface area contributed by atoms with Gasteiger partial charge in [-0.15, -0.1) is 0 Å². The second-order valence-corrected chi connectivity index (χ2v) is 9.64. The first-order chi connectivity index (χ1) is 11.0. The number of rotatable bonds is 7. The summed E-state index contributed by atoms with van der Waals surface area (Å²) in [6.45, 7) is 15.7. The van der Waals surface area contributed by atoms with E-state index in [2.05, 4.69) is 41.5 Å². The predicted octanol–water partition coefficient (Wildman–Crippen LogP) is 3.76. The van der Waals surface area contributed by atoms with Crippen molar-refractivity contribution < 1.29 is 19.0 Å². The molecule has 0 aromatic carbocycles. The SMILES string of the molecule is CC(C)C(COC(C)(C)C1CC(=O)C2(C)OC2C1)CC1OC1(C)C. The van der Waals surface area contributed by atoms with Crippen LogP contribution in [0.25, 0.3) is 0 Å². The Balaban J connectivity index is 1.54. The highest BCUT2D eigenvalue weighted by molar-refractivity contribution is 5.91. The summed E-state index contributed by atoms with van der Waals surface area (Å²) in [7, 11) is 0. The Morgan fingerprint density at radius 1 is 1.25 bits per heavy atom. The molecule has 3 rings (SSSR count). The van der Waals surface area contributed by atoms with E-state index in [1.807, 2.05) is 6.92 Å². The molecule has 2 saturated heterocycles. The molecule has 3 fully saturated rings. The molecular weight excluding hydrogens is 304 g/mol. The fourth-order valence-corrected chi connectivity index (χ4v) is 3.99. The molecule has 24 heavy (non-hydrogen) atoms. The fraction of sp³-hybridized carbons (Fsp3) is 0.950. The molecule has 5 atom stereocenters. The molecule has 4 heteroatoms. The van der Waals surface area contributed by atoms with Crippen molar-refractivity contribution in [3.63, 3.8) is 0 Å². The highest BCUT2D eigenvalue weighted by Crippen LogP contribution is 2.50. The monoisotopic (exact) mass is 338 g/mol. The summed E-state index contributed by atoms with van der Waals surface area (Å²) in [5.41, 5.74) is -0.746. The van der Waals surface area contributed by atoms with Crippen LogP contribution in [0.4, 0.5) is 0 Å². The lowest BCUT2D eigenvalue weighted by molar-refractivity contribution is -0.131. The molecule has 1 aliphatic carbocycles. The maximum Gasteiger partial charge on any atom is 0.167 e. The van der Waals surface area contributed by atoms with Crippen LogP contribution in [0.2, 0.25) is 0 Å². The summed E-state index contributed by atoms with van der Waals surface area (Å²) in [5, 5.41) is 0. The zero-order valence-corrected chi connectivity index (χ0v) is 16.3. The van der Waals surface area contributed by atoms with E-state index in [1.165, 1.54) is 0 Å². The molecule has 0 aromatic rings. The first-order valence-electron chi connectivity index (χ1n) is 9.48. The number of ketones is 1. The lowest BCUT2D eigenvalue weighted by atomic mass is 9.74. The molecule has 3 aliphatic rings. The first-order valence-corrected chi connectivity index (χ1v) is 9.48. The van der Waals surface area contributed by atoms with Crippen molar-refractivity contribution in [3.8, 4) is 0 Å². The maximum absolute atomic E-state index is 12.3. The molecular formula is C20H34O4. The molecule has 0 radical (unpaired) electrons. The Bertz CT molecular complexity index is 510. The van der Waals surface area contributed by atoms with Gasteiger partial charge in [0, 0.05) is 6.42 Å². The molecule has 0 N–H and O–H groups in total. The normalized spacial score (nSPS) is 38.8. The van der Waals surface area contributed by atoms with Crippen molar-refractivity contribution in [2.45, 2.75) is 96.7 Å². The van der Waals surface area contributed by atoms with Crippen LogP contribution in [-0.4, -0.2) is 41.4 Å². The van der Waals surface area contributed by atoms with Crippen LogP contribution < -0.4 is 0 Å². The summed E-state index contributed by atoms with van der Waals surface area (Å²) in [6, 6.07) is 0. The molecule has 1 saturated carbocycles. The molecule has 0 spiro atoms. The van der Waals surface area contributed by atoms with Gasteiger partial charge in [0.1, 0.15) is 5.60 Å². The largest absolute Gasteiger partial charge is 0.375 e. The standard InChI is InChI=1S/C20H34O4/c1-12(2)13(8-16-19(5,6)23-16)11-22-18(3,4)14-9-15(21)20(7)17(10-14)24-20/h12-14,16-17H,8-11H2,1-7H3. The molecule has 0 amide bonds. The lowest BCUT2D eigenvalue weighted by Crippen LogP contribution is -2.44. The first kappa shape index (κ1) is 18.3. The van der Waals surface area contributed by atoms with E-state index < -0.39 is 5.60 Å². The minimum absolute atomic E-state index is 0.0339. The van der Waals surface area contributed by atoms with Gasteiger partial charge in [-0.1, -0.05) is 13.8 Å². The second kappa shape index (κ2) is 5.78. The number of epoxide rings is 2. The van der Waals surface area contributed by atoms with Gasteiger partial charge < -0.3 is 14.2 Å². The topological polar surface area (TPSA) is 51.4 Å². The lowest BCUT2D eigenvalue weighted by Gasteiger charge is -2.37. The Morgan fingerprint density at radius 3 is 2.38 bits per heavy atom. The van der Waals surface area contributed by atoms with E-state index in [-0.39, 0.29) is 29.0 Å². The van der Waals surface area contributed by atoms with Crippen LogP contribution >= 0.6 is 0 Å². The van der Waals surface area contributed by atoms with Gasteiger partial charge in [0.2, 0.25) is 0 Å². The maximum atomic E-state index is 12.3. The third-order valence-electron chi connectivity index (χ3n) is 6.70. The van der Waals surface area contributed by atoms with E-state index in [0.29, 0.717) is 24.4 Å². The highest BCUT2D eigenvalue weighted by atomic mass is 16.6. The minimum Gasteiger partial charge on any atom is -0.375 e. The molecule has 138 valence electrons. The van der Waals surface area contributed by atoms with Crippen LogP contribution in [0, 0.1) is 17.8 Å². The minimum atomic E-state index is -0.484. The number of carbonyl (C=O) groups excluding carboxylic acids is 1. The summed E-state index contributed by atoms with van der Waals surface area (Å²) in [5.74, 6) is 1.53. The van der Waals surface area contributed by atoms with Crippen molar-refractivity contribution in [1.82, 2.24) is 0 Å². The number of ether oxygens (including phenoxy) is 3. The number of hydrogen-bond acceptors (Lipinski definition) is 4. The van der Waals surface area contributed by atoms with Gasteiger partial charge in [0.05, 0.1) is 30.0 Å². The van der Waals surface area contributed by atoms with Gasteiger partial charge in [-0.3, -0.25) is 4.79 Å². The summed E-state index contributed by atoms with van der Waals surface area (Å²) in [4.78, 5) is 12.3. The number of fused-ring (bicyclic) bond motifs is 1. The van der Waals surface area contributed by atoms with Gasteiger partial charge >= 0.3 is 0 Å². The summed E-state index contributed by atoms with van der Waals surface area (Å²) in [6.07, 6.45) is 3.02. The van der Waals surface area contributed by atoms with Crippen LogP contribution in [-0.2, 0) is 19.0 Å². The van der Waals surface area contributed by atoms with Crippen LogP contribution in [0.1, 0.15) is 67.7 Å². The zero-order valence-electron chi connectivity index (χ0n) is 16.3. The number of hydrogen-bond donors (Lipinski definition) is 0. The van der Waals surface area contributed by atoms with Gasteiger partial charge in [-0.25, -0.2) is 0 Å². The van der Waals surface area contributed by atoms with E-state index in [4.69, 9.17) is 14.2 Å². The van der Waals surface area contributed by atoms with E-state index in [9.17, 15) is 4.79 Å². The van der Waals surface area contributed by atoms with Gasteiger partial charge in [0.15, 0.2) is 5.78 Å². The number of Topliss-reactive ketones (excluding diaryl/α,β-unsaturated/α-hetero) is 1. The van der Waals surface area contributed by atoms with Gasteiger partial charge in [-0.2, -0.15) is 0 Å². The Hall–Kier alpha value is -0.450. The Kier molecular flexibility index (Phi) is 4.42. The van der Waals surface area contributed by atoms with E-state index >= 15 is 0 Å². The predicted molar refractivity (Wildman–Crippen MR) is 92.9 cm³/mol. The molecule has 2 aliphatic heterocycles. The van der Waals surface area contributed by atoms with Gasteiger partial charge in [-0.05, 0) is 65.2 Å². The van der Waals surface area contributed by atoms with Crippen LogP contribution in [0.5, 0.6) is 0 Å². The third-order valence-corrected chi connectivity index (χ3v) is 6.70. The quantitative estimate of drug-likeness (QED) is 0.663. The van der Waals surface area contributed by atoms with Gasteiger partial charge in [0.25, 0.3) is 0 Å². The average molecular weight is 338 g/mol. The van der Waals surface area contributed by atoms with Crippen molar-refractivity contribution in [2.75, 3.05) is 6.61 Å². The molecule has 4 nitrogen and oxygen atoms in total. The van der Waals surface area contributed by atoms with Crippen LogP contribution in [0.3, 0.4) is 0 Å². The number of carbonyl (C=O) groups is 1. The van der Waals surface area contributed by atoms with E-state index in [0.717, 1.165) is 19.4 Å². The van der Waals surface area contributed by atoms with Crippen molar-refractivity contribution in [3.05, 3.63) is 0 Å². The molecule has 2 heterocycles. The van der Waals surface area contributed by atoms with E-state index in [1.54, 1.807) is 0 Å². The van der Waals surface area contributed by atoms with Crippen molar-refractivity contribution in [2.24, 2.45) is 17.8 Å². The molecule has 0 aromatic heterocycles. The Labute approximate surface area is 146 Å². The average Bonchev–Trinajstić information content (AvgIpc) is 3.30.